The second-order valence-corrected chi connectivity index (χ2v) is 9.51. The van der Waals surface area contributed by atoms with E-state index in [4.69, 9.17) is 9.47 Å². The van der Waals surface area contributed by atoms with Crippen LogP contribution in [0.5, 0.6) is 11.5 Å². The lowest BCUT2D eigenvalue weighted by Gasteiger charge is -2.22. The standard InChI is InChI=1S/C22H26N2O5S/c1-14(30(4,26)27)22(25)24-13-18(16-9-7-11-20(28-2)21(16)29-3)17-12-23-19-10-6-5-8-15(17)19/h5-12,14,18,23H,13H2,1-4H3,(H,24,25). The number of sulfone groups is 1. The molecule has 2 unspecified atom stereocenters. The number of carbonyl (C=O) groups excluding carboxylic acids is 1. The first-order valence-corrected chi connectivity index (χ1v) is 11.5. The maximum absolute atomic E-state index is 12.5. The molecule has 0 aliphatic heterocycles. The van der Waals surface area contributed by atoms with Gasteiger partial charge in [-0.05, 0) is 24.6 Å². The van der Waals surface area contributed by atoms with Crippen molar-refractivity contribution in [1.29, 1.82) is 0 Å². The monoisotopic (exact) mass is 430 g/mol. The van der Waals surface area contributed by atoms with Crippen molar-refractivity contribution in [2.24, 2.45) is 0 Å². The minimum absolute atomic E-state index is 0.198. The van der Waals surface area contributed by atoms with Crippen molar-refractivity contribution in [3.8, 4) is 11.5 Å². The molecule has 7 nitrogen and oxygen atoms in total. The molecule has 0 aliphatic carbocycles. The van der Waals surface area contributed by atoms with Crippen LogP contribution >= 0.6 is 0 Å². The summed E-state index contributed by atoms with van der Waals surface area (Å²) in [7, 11) is -0.355. The van der Waals surface area contributed by atoms with Gasteiger partial charge in [0.15, 0.2) is 21.3 Å². The van der Waals surface area contributed by atoms with E-state index in [1.807, 2.05) is 42.6 Å². The van der Waals surface area contributed by atoms with Crippen molar-refractivity contribution >= 4 is 26.6 Å². The molecule has 0 spiro atoms. The third-order valence-corrected chi connectivity index (χ3v) is 6.80. The molecule has 1 heterocycles. The summed E-state index contributed by atoms with van der Waals surface area (Å²) in [6, 6.07) is 13.5. The molecule has 1 amide bonds. The summed E-state index contributed by atoms with van der Waals surface area (Å²) in [6.07, 6.45) is 2.96. The van der Waals surface area contributed by atoms with Gasteiger partial charge in [0.2, 0.25) is 5.91 Å². The molecule has 0 radical (unpaired) electrons. The first-order chi connectivity index (χ1) is 14.3. The van der Waals surface area contributed by atoms with Gasteiger partial charge in [-0.2, -0.15) is 0 Å². The van der Waals surface area contributed by atoms with Crippen molar-refractivity contribution in [1.82, 2.24) is 10.3 Å². The molecule has 0 saturated carbocycles. The van der Waals surface area contributed by atoms with Crippen molar-refractivity contribution in [2.45, 2.75) is 18.1 Å². The topological polar surface area (TPSA) is 97.5 Å². The highest BCUT2D eigenvalue weighted by atomic mass is 32.2. The molecular formula is C22H26N2O5S. The molecule has 0 bridgehead atoms. The zero-order valence-corrected chi connectivity index (χ0v) is 18.2. The highest BCUT2D eigenvalue weighted by Gasteiger charge is 2.27. The van der Waals surface area contributed by atoms with Gasteiger partial charge in [-0.1, -0.05) is 30.3 Å². The molecule has 160 valence electrons. The maximum Gasteiger partial charge on any atom is 0.238 e. The SMILES string of the molecule is COc1cccc(C(CNC(=O)C(C)S(C)(=O)=O)c2c[nH]c3ccccc23)c1OC. The van der Waals surface area contributed by atoms with Gasteiger partial charge in [0.1, 0.15) is 5.25 Å². The average molecular weight is 431 g/mol. The fraction of sp³-hybridized carbons (Fsp3) is 0.318. The maximum atomic E-state index is 12.5. The van der Waals surface area contributed by atoms with Gasteiger partial charge in [0.25, 0.3) is 0 Å². The third kappa shape index (κ3) is 4.28. The largest absolute Gasteiger partial charge is 0.493 e. The van der Waals surface area contributed by atoms with E-state index >= 15 is 0 Å². The fourth-order valence-corrected chi connectivity index (χ4v) is 3.97. The first kappa shape index (κ1) is 21.7. The molecule has 0 saturated heterocycles. The number of aromatic nitrogens is 1. The van der Waals surface area contributed by atoms with Crippen LogP contribution in [0.3, 0.4) is 0 Å². The Morgan fingerprint density at radius 1 is 1.07 bits per heavy atom. The number of benzene rings is 2. The number of hydrogen-bond acceptors (Lipinski definition) is 5. The Bertz CT molecular complexity index is 1150. The summed E-state index contributed by atoms with van der Waals surface area (Å²) in [6.45, 7) is 1.58. The van der Waals surface area contributed by atoms with Crippen LogP contribution in [0, 0.1) is 0 Å². The van der Waals surface area contributed by atoms with Gasteiger partial charge in [-0.25, -0.2) is 8.42 Å². The number of aromatic amines is 1. The molecule has 8 heteroatoms. The first-order valence-electron chi connectivity index (χ1n) is 9.51. The van der Waals surface area contributed by atoms with E-state index < -0.39 is 21.0 Å². The van der Waals surface area contributed by atoms with Crippen LogP contribution in [-0.2, 0) is 14.6 Å². The number of para-hydroxylation sites is 2. The van der Waals surface area contributed by atoms with E-state index in [1.165, 1.54) is 6.92 Å². The van der Waals surface area contributed by atoms with Gasteiger partial charge < -0.3 is 19.8 Å². The predicted octanol–water partition coefficient (Wildman–Crippen LogP) is 2.87. The Labute approximate surface area is 176 Å². The minimum Gasteiger partial charge on any atom is -0.493 e. The number of fused-ring (bicyclic) bond motifs is 1. The molecular weight excluding hydrogens is 404 g/mol. The second kappa shape index (κ2) is 8.79. The van der Waals surface area contributed by atoms with Crippen LogP contribution in [0.2, 0.25) is 0 Å². The fourth-order valence-electron chi connectivity index (χ4n) is 3.50. The molecule has 1 aromatic heterocycles. The lowest BCUT2D eigenvalue weighted by Crippen LogP contribution is -2.39. The molecule has 2 N–H and O–H groups in total. The summed E-state index contributed by atoms with van der Waals surface area (Å²) in [4.78, 5) is 15.7. The summed E-state index contributed by atoms with van der Waals surface area (Å²) in [5, 5.41) is 2.68. The van der Waals surface area contributed by atoms with Crippen LogP contribution < -0.4 is 14.8 Å². The lowest BCUT2D eigenvalue weighted by molar-refractivity contribution is -0.120. The molecule has 30 heavy (non-hydrogen) atoms. The van der Waals surface area contributed by atoms with Crippen LogP contribution in [-0.4, -0.2) is 51.6 Å². The van der Waals surface area contributed by atoms with Gasteiger partial charge >= 0.3 is 0 Å². The van der Waals surface area contributed by atoms with Crippen molar-refractivity contribution < 1.29 is 22.7 Å². The number of rotatable bonds is 8. The van der Waals surface area contributed by atoms with Crippen molar-refractivity contribution in [3.05, 3.63) is 59.8 Å². The number of ether oxygens (including phenoxy) is 2. The Kier molecular flexibility index (Phi) is 6.36. The smallest absolute Gasteiger partial charge is 0.238 e. The molecule has 2 atom stereocenters. The van der Waals surface area contributed by atoms with Crippen molar-refractivity contribution in [2.75, 3.05) is 27.0 Å². The van der Waals surface area contributed by atoms with Gasteiger partial charge in [0.05, 0.1) is 14.2 Å². The number of amides is 1. The van der Waals surface area contributed by atoms with E-state index in [2.05, 4.69) is 10.3 Å². The third-order valence-electron chi connectivity index (χ3n) is 5.30. The highest BCUT2D eigenvalue weighted by Crippen LogP contribution is 2.40. The van der Waals surface area contributed by atoms with Crippen LogP contribution in [0.15, 0.2) is 48.7 Å². The summed E-state index contributed by atoms with van der Waals surface area (Å²) in [5.74, 6) is 0.322. The number of H-pyrrole nitrogens is 1. The Morgan fingerprint density at radius 2 is 1.80 bits per heavy atom. The van der Waals surface area contributed by atoms with Gasteiger partial charge in [-0.3, -0.25) is 4.79 Å². The van der Waals surface area contributed by atoms with Crippen LogP contribution in [0.4, 0.5) is 0 Å². The van der Waals surface area contributed by atoms with Crippen LogP contribution in [0.25, 0.3) is 10.9 Å². The van der Waals surface area contributed by atoms with E-state index in [1.54, 1.807) is 20.3 Å². The number of methoxy groups -OCH3 is 2. The van der Waals surface area contributed by atoms with E-state index in [-0.39, 0.29) is 12.5 Å². The molecule has 3 aromatic rings. The zero-order chi connectivity index (χ0) is 21.9. The van der Waals surface area contributed by atoms with E-state index in [0.29, 0.717) is 11.5 Å². The van der Waals surface area contributed by atoms with Gasteiger partial charge in [-0.15, -0.1) is 0 Å². The Balaban J connectivity index is 2.06. The molecule has 2 aromatic carbocycles. The lowest BCUT2D eigenvalue weighted by atomic mass is 9.89. The normalized spacial score (nSPS) is 13.6. The average Bonchev–Trinajstić information content (AvgIpc) is 3.16. The number of carbonyl (C=O) groups is 1. The van der Waals surface area contributed by atoms with Crippen LogP contribution in [0.1, 0.15) is 24.0 Å². The Morgan fingerprint density at radius 3 is 2.47 bits per heavy atom. The predicted molar refractivity (Wildman–Crippen MR) is 117 cm³/mol. The quantitative estimate of drug-likeness (QED) is 0.573. The molecule has 3 rings (SSSR count). The van der Waals surface area contributed by atoms with E-state index in [0.717, 1.165) is 28.3 Å². The molecule has 0 fully saturated rings. The Hall–Kier alpha value is -3.00. The van der Waals surface area contributed by atoms with E-state index in [9.17, 15) is 13.2 Å². The summed E-state index contributed by atoms with van der Waals surface area (Å²) < 4.78 is 34.6. The molecule has 0 aliphatic rings. The number of hydrogen-bond donors (Lipinski definition) is 2. The zero-order valence-electron chi connectivity index (χ0n) is 17.4. The van der Waals surface area contributed by atoms with Gasteiger partial charge in [0, 0.05) is 41.4 Å². The van der Waals surface area contributed by atoms with Crippen molar-refractivity contribution in [3.63, 3.8) is 0 Å². The summed E-state index contributed by atoms with van der Waals surface area (Å²) in [5.41, 5.74) is 2.76. The summed E-state index contributed by atoms with van der Waals surface area (Å²) >= 11 is 0. The number of nitrogens with one attached hydrogen (secondary N) is 2. The highest BCUT2D eigenvalue weighted by molar-refractivity contribution is 7.92. The second-order valence-electron chi connectivity index (χ2n) is 7.14. The minimum atomic E-state index is -3.49.